The van der Waals surface area contributed by atoms with Crippen LogP contribution in [0.5, 0.6) is 0 Å². The highest BCUT2D eigenvalue weighted by atomic mass is 16.6. The minimum Gasteiger partial charge on any atom is -0.361 e. The van der Waals surface area contributed by atoms with E-state index in [0.717, 1.165) is 35.7 Å². The van der Waals surface area contributed by atoms with Gasteiger partial charge in [0, 0.05) is 23.0 Å². The Kier molecular flexibility index (Phi) is 5.28. The summed E-state index contributed by atoms with van der Waals surface area (Å²) in [4.78, 5) is 29.1. The lowest BCUT2D eigenvalue weighted by Crippen LogP contribution is -2.48. The molecule has 2 aliphatic rings. The number of epoxide rings is 1. The molecule has 1 aromatic heterocycles. The van der Waals surface area contributed by atoms with Gasteiger partial charge in [-0.15, -0.1) is 0 Å². The number of aromatic amines is 1. The zero-order chi connectivity index (χ0) is 19.7. The van der Waals surface area contributed by atoms with Crippen molar-refractivity contribution in [2.24, 2.45) is 11.8 Å². The van der Waals surface area contributed by atoms with E-state index in [1.54, 1.807) is 0 Å². The first kappa shape index (κ1) is 19.2. The first-order valence-corrected chi connectivity index (χ1v) is 10.5. The summed E-state index contributed by atoms with van der Waals surface area (Å²) in [5.74, 6) is 0.310. The Morgan fingerprint density at radius 3 is 2.71 bits per heavy atom. The third-order valence-electron chi connectivity index (χ3n) is 6.42. The van der Waals surface area contributed by atoms with Crippen LogP contribution in [0.4, 0.5) is 0 Å². The van der Waals surface area contributed by atoms with Gasteiger partial charge in [-0.25, -0.2) is 0 Å². The highest BCUT2D eigenvalue weighted by Gasteiger charge is 2.50. The Balaban J connectivity index is 1.43. The maximum atomic E-state index is 12.9. The Hall–Kier alpha value is -2.14. The Morgan fingerprint density at radius 1 is 1.29 bits per heavy atom. The van der Waals surface area contributed by atoms with Gasteiger partial charge in [0.15, 0.2) is 5.78 Å². The van der Waals surface area contributed by atoms with Crippen molar-refractivity contribution in [2.75, 3.05) is 6.61 Å². The van der Waals surface area contributed by atoms with Crippen LogP contribution in [0.1, 0.15) is 51.5 Å². The molecule has 1 aliphatic heterocycles. The van der Waals surface area contributed by atoms with Crippen LogP contribution in [-0.2, 0) is 20.7 Å². The van der Waals surface area contributed by atoms with Gasteiger partial charge >= 0.3 is 0 Å². The summed E-state index contributed by atoms with van der Waals surface area (Å²) in [6.07, 6.45) is 8.13. The van der Waals surface area contributed by atoms with Crippen LogP contribution in [0.2, 0.25) is 0 Å². The summed E-state index contributed by atoms with van der Waals surface area (Å²) < 4.78 is 5.37. The van der Waals surface area contributed by atoms with Gasteiger partial charge in [0.1, 0.15) is 5.60 Å². The zero-order valence-electron chi connectivity index (χ0n) is 16.8. The molecule has 5 heteroatoms. The number of amides is 1. The first-order chi connectivity index (χ1) is 13.5. The van der Waals surface area contributed by atoms with Crippen LogP contribution in [0.25, 0.3) is 10.9 Å². The van der Waals surface area contributed by atoms with Crippen LogP contribution < -0.4 is 5.32 Å². The largest absolute Gasteiger partial charge is 0.361 e. The molecular weight excluding hydrogens is 352 g/mol. The number of H-pyrrole nitrogens is 1. The molecule has 5 nitrogen and oxygen atoms in total. The average Bonchev–Trinajstić information content (AvgIpc) is 3.09. The molecule has 28 heavy (non-hydrogen) atoms. The van der Waals surface area contributed by atoms with E-state index in [2.05, 4.69) is 16.4 Å². The van der Waals surface area contributed by atoms with E-state index >= 15 is 0 Å². The van der Waals surface area contributed by atoms with Crippen molar-refractivity contribution in [3.05, 3.63) is 36.0 Å². The number of nitrogens with one attached hydrogen (secondary N) is 2. The van der Waals surface area contributed by atoms with Crippen molar-refractivity contribution >= 4 is 22.6 Å². The van der Waals surface area contributed by atoms with Gasteiger partial charge in [-0.2, -0.15) is 0 Å². The fourth-order valence-electron chi connectivity index (χ4n) is 4.47. The van der Waals surface area contributed by atoms with Crippen molar-refractivity contribution in [1.29, 1.82) is 0 Å². The van der Waals surface area contributed by atoms with E-state index in [1.165, 1.54) is 12.8 Å². The molecule has 150 valence electrons. The van der Waals surface area contributed by atoms with Gasteiger partial charge in [-0.05, 0) is 37.3 Å². The predicted octanol–water partition coefficient (Wildman–Crippen LogP) is 3.77. The molecule has 4 rings (SSSR count). The van der Waals surface area contributed by atoms with Crippen LogP contribution >= 0.6 is 0 Å². The number of carbonyl (C=O) groups is 2. The second-order valence-corrected chi connectivity index (χ2v) is 8.80. The van der Waals surface area contributed by atoms with E-state index in [4.69, 9.17) is 4.74 Å². The number of ketones is 1. The normalized spacial score (nSPS) is 24.2. The lowest BCUT2D eigenvalue weighted by molar-refractivity contribution is -0.132. The summed E-state index contributed by atoms with van der Waals surface area (Å²) in [7, 11) is 0. The van der Waals surface area contributed by atoms with Crippen LogP contribution in [0.3, 0.4) is 0 Å². The fourth-order valence-corrected chi connectivity index (χ4v) is 4.47. The Labute approximate surface area is 166 Å². The molecule has 1 aliphatic carbocycles. The van der Waals surface area contributed by atoms with Gasteiger partial charge in [0.05, 0.1) is 12.6 Å². The average molecular weight is 383 g/mol. The Morgan fingerprint density at radius 2 is 2.00 bits per heavy atom. The molecule has 2 heterocycles. The zero-order valence-corrected chi connectivity index (χ0v) is 16.8. The van der Waals surface area contributed by atoms with Gasteiger partial charge in [-0.3, -0.25) is 9.59 Å². The second-order valence-electron chi connectivity index (χ2n) is 8.80. The number of carbonyl (C=O) groups excluding carboxylic acids is 2. The monoisotopic (exact) mass is 382 g/mol. The van der Waals surface area contributed by atoms with Gasteiger partial charge in [-0.1, -0.05) is 50.8 Å². The molecule has 1 saturated carbocycles. The summed E-state index contributed by atoms with van der Waals surface area (Å²) in [5, 5.41) is 4.22. The fraction of sp³-hybridized carbons (Fsp3) is 0.565. The number of rotatable bonds is 8. The first-order valence-electron chi connectivity index (χ1n) is 10.5. The number of fused-ring (bicyclic) bond motifs is 1. The molecule has 2 fully saturated rings. The van der Waals surface area contributed by atoms with Crippen molar-refractivity contribution in [3.8, 4) is 0 Å². The van der Waals surface area contributed by atoms with Gasteiger partial charge in [0.2, 0.25) is 5.91 Å². The quantitative estimate of drug-likeness (QED) is 0.683. The molecule has 0 radical (unpaired) electrons. The van der Waals surface area contributed by atoms with E-state index in [-0.39, 0.29) is 17.6 Å². The van der Waals surface area contributed by atoms with Crippen molar-refractivity contribution in [2.45, 2.75) is 64.0 Å². The minimum atomic E-state index is -0.698. The molecule has 3 unspecified atom stereocenters. The van der Waals surface area contributed by atoms with E-state index in [0.29, 0.717) is 18.9 Å². The molecule has 2 aromatic rings. The summed E-state index contributed by atoms with van der Waals surface area (Å²) in [5.41, 5.74) is 1.52. The van der Waals surface area contributed by atoms with Crippen LogP contribution in [-0.4, -0.2) is 34.9 Å². The molecular formula is C23H30N2O3. The molecule has 2 N–H and O–H groups in total. The maximum absolute atomic E-state index is 12.9. The third-order valence-corrected chi connectivity index (χ3v) is 6.42. The number of para-hydroxylation sites is 1. The Bertz CT molecular complexity index is 862. The van der Waals surface area contributed by atoms with Gasteiger partial charge < -0.3 is 15.0 Å². The highest BCUT2D eigenvalue weighted by Crippen LogP contribution is 2.33. The van der Waals surface area contributed by atoms with Gasteiger partial charge in [0.25, 0.3) is 0 Å². The molecule has 0 spiro atoms. The lowest BCUT2D eigenvalue weighted by Gasteiger charge is -2.24. The molecule has 1 amide bonds. The highest BCUT2D eigenvalue weighted by molar-refractivity contribution is 5.96. The predicted molar refractivity (Wildman–Crippen MR) is 109 cm³/mol. The van der Waals surface area contributed by atoms with Crippen molar-refractivity contribution in [3.63, 3.8) is 0 Å². The minimum absolute atomic E-state index is 0.0343. The van der Waals surface area contributed by atoms with Crippen molar-refractivity contribution in [1.82, 2.24) is 10.3 Å². The number of Topliss-reactive ketones (excluding diaryl/α,β-unsaturated/α-hetero) is 1. The molecule has 1 aromatic carbocycles. The maximum Gasteiger partial charge on any atom is 0.223 e. The van der Waals surface area contributed by atoms with E-state index in [9.17, 15) is 9.59 Å². The number of hydrogen-bond donors (Lipinski definition) is 2. The number of benzene rings is 1. The number of hydrogen-bond acceptors (Lipinski definition) is 3. The summed E-state index contributed by atoms with van der Waals surface area (Å²) in [6, 6.07) is 7.68. The van der Waals surface area contributed by atoms with Crippen LogP contribution in [0, 0.1) is 11.8 Å². The SMILES string of the molecule is CC(Cc1c[nH]c2ccccc12)C(=O)NC(CC1CCCC1)C(=O)C1(C)CO1. The number of ether oxygens (including phenoxy) is 1. The third kappa shape index (κ3) is 4.00. The topological polar surface area (TPSA) is 74.5 Å². The molecule has 3 atom stereocenters. The molecule has 0 bridgehead atoms. The smallest absolute Gasteiger partial charge is 0.223 e. The summed E-state index contributed by atoms with van der Waals surface area (Å²) in [6.45, 7) is 4.23. The van der Waals surface area contributed by atoms with E-state index in [1.807, 2.05) is 38.2 Å². The second kappa shape index (κ2) is 7.70. The lowest BCUT2D eigenvalue weighted by atomic mass is 9.90. The standard InChI is InChI=1S/C23H30N2O3/c1-15(11-17-13-24-19-10-6-5-9-18(17)19)22(27)25-20(12-16-7-3-4-8-16)21(26)23(2)14-28-23/h5-6,9-10,13,15-16,20,24H,3-4,7-8,11-12,14H2,1-2H3,(H,25,27). The van der Waals surface area contributed by atoms with E-state index < -0.39 is 11.6 Å². The summed E-state index contributed by atoms with van der Waals surface area (Å²) >= 11 is 0. The molecule has 1 saturated heterocycles. The van der Waals surface area contributed by atoms with Crippen LogP contribution in [0.15, 0.2) is 30.5 Å². The van der Waals surface area contributed by atoms with Crippen molar-refractivity contribution < 1.29 is 14.3 Å². The number of aromatic nitrogens is 1.